The number of hydrazine groups is 2. The lowest BCUT2D eigenvalue weighted by Gasteiger charge is -2.35. The second-order valence-corrected chi connectivity index (χ2v) is 22.1. The molecule has 0 amide bonds. The van der Waals surface area contributed by atoms with Gasteiger partial charge in [0.25, 0.3) is 0 Å². The highest BCUT2D eigenvalue weighted by Gasteiger charge is 2.31. The molecule has 5 atom stereocenters. The normalized spacial score (nSPS) is 19.0. The first kappa shape index (κ1) is 60.6. The molecule has 8 aromatic rings. The molecule has 0 heterocycles. The van der Waals surface area contributed by atoms with Gasteiger partial charge < -0.3 is 48.5 Å². The van der Waals surface area contributed by atoms with Crippen molar-refractivity contribution < 1.29 is 39.9 Å². The fraction of sp³-hybridized carbons (Fsp3) is 0.297. The second kappa shape index (κ2) is 28.1. The van der Waals surface area contributed by atoms with Crippen molar-refractivity contribution in [1.82, 2.24) is 43.9 Å². The van der Waals surface area contributed by atoms with Crippen molar-refractivity contribution in [2.45, 2.75) is 102 Å². The molecule has 2 aliphatic carbocycles. The number of hydrogen-bond donors (Lipinski definition) is 13. The molecule has 85 heavy (non-hydrogen) atoms. The van der Waals surface area contributed by atoms with Gasteiger partial charge in [-0.3, -0.25) is 5.23 Å². The van der Waals surface area contributed by atoms with E-state index < -0.39 is 5.97 Å². The third-order valence-corrected chi connectivity index (χ3v) is 16.7. The van der Waals surface area contributed by atoms with E-state index in [9.17, 15) is 0 Å². The zero-order valence-corrected chi connectivity index (χ0v) is 48.9. The molecule has 21 heteroatoms. The van der Waals surface area contributed by atoms with Gasteiger partial charge in [0, 0.05) is 73.0 Å². The Morgan fingerprint density at radius 2 is 1.13 bits per heavy atom. The minimum Gasteiger partial charge on any atom is -0.489 e. The van der Waals surface area contributed by atoms with Crippen LogP contribution in [0.1, 0.15) is 105 Å². The zero-order chi connectivity index (χ0) is 59.6. The predicted molar refractivity (Wildman–Crippen MR) is 334 cm³/mol. The number of nitrogen functional groups attached to an aromatic ring is 1. The molecule has 2 fully saturated rings. The van der Waals surface area contributed by atoms with Gasteiger partial charge in [-0.15, -0.1) is 5.53 Å². The maximum atomic E-state index is 15.3. The van der Waals surface area contributed by atoms with Crippen LogP contribution >= 0.6 is 0 Å². The van der Waals surface area contributed by atoms with Gasteiger partial charge in [0.15, 0.2) is 5.75 Å². The van der Waals surface area contributed by atoms with E-state index in [1.165, 1.54) is 11.1 Å². The van der Waals surface area contributed by atoms with Gasteiger partial charge in [-0.05, 0) is 155 Å². The Balaban J connectivity index is 1.07. The first-order valence-electron chi connectivity index (χ1n) is 29.4. The molecule has 0 aliphatic heterocycles. The summed E-state index contributed by atoms with van der Waals surface area (Å²) in [5.74, 6) is 34.1. The average Bonchev–Trinajstić information content (AvgIpc) is 1.23. The number of carbonyl (C=O) groups is 1. The summed E-state index contributed by atoms with van der Waals surface area (Å²) in [6, 6.07) is 51.6. The van der Waals surface area contributed by atoms with Crippen molar-refractivity contribution in [3.8, 4) is 61.8 Å². The molecule has 446 valence electrons. The van der Waals surface area contributed by atoms with Gasteiger partial charge in [-0.1, -0.05) is 128 Å². The largest absolute Gasteiger partial charge is 0.489 e. The molecule has 0 bridgehead atoms. The van der Waals surface area contributed by atoms with Gasteiger partial charge in [0.2, 0.25) is 0 Å². The zero-order valence-electron chi connectivity index (χ0n) is 48.9. The Kier molecular flexibility index (Phi) is 20.1. The standard InChI is InChI=1S/C64H81N17O4/c1-6-40(2)83-62-57(46-19-17-42(18-20-46)44-25-32-52(33-26-44)78(66)74-70-3)37-49-11-7-9-13-54(49)60(62)61-55-14-10-8-12-50(55)38-58(47-21-15-41(16-22-47)43-23-30-51(31-24-43)73-79(67)72-5)63(61)84-64(82)56-36-29-48(39-59(56)65)45-27-34-53(35-28-45)85-77-81(69)76-80(68)75-71-4/h7-22,27-29,34-40,43-44,51-52,66-81H,6,23-26,30-33,65H2,1-5H3. The molecule has 0 radical (unpaired) electrons. The lowest BCUT2D eigenvalue weighted by Crippen LogP contribution is -3.40. The van der Waals surface area contributed by atoms with Crippen LogP contribution < -0.4 is 84.7 Å². The minimum absolute atomic E-state index is 0.136. The first-order valence-corrected chi connectivity index (χ1v) is 29.4. The lowest BCUT2D eigenvalue weighted by atomic mass is 9.81. The highest BCUT2D eigenvalue weighted by atomic mass is 16.7. The Morgan fingerprint density at radius 3 is 1.68 bits per heavy atom. The number of carbonyl (C=O) groups excluding carboxylic acids is 1. The maximum absolute atomic E-state index is 15.3. The number of anilines is 1. The number of fused-ring (bicyclic) bond motifs is 2. The maximum Gasteiger partial charge on any atom is 0.345 e. The van der Waals surface area contributed by atoms with E-state index in [2.05, 4.69) is 149 Å². The Hall–Kier alpha value is -7.49. The van der Waals surface area contributed by atoms with Crippen molar-refractivity contribution in [1.29, 1.82) is 0 Å². The molecule has 5 unspecified atom stereocenters. The SMILES string of the molecule is CCC(C)Oc1c(-c2ccc(C3CCC([NH+]([NH-])NNC)CC3)cc2)cc2ccccc2c1-c1c(OC(=O)c2ccc(-c3ccc(ON[NH+]([NH-])N[NH+]([NH-])NNC)cc3)cc2N)c(-c2ccc(C3CCC(N[NH+]([NH-])NC)CC3)cc2)cc2ccccc12. The van der Waals surface area contributed by atoms with Crippen LogP contribution in [-0.2, 0) is 0 Å². The number of nitrogens with one attached hydrogen (secondary N) is 16. The summed E-state index contributed by atoms with van der Waals surface area (Å²) >= 11 is 0. The summed E-state index contributed by atoms with van der Waals surface area (Å²) in [5, 5.41) is 4.30. The number of ether oxygens (including phenoxy) is 2. The topological polar surface area (TPSA) is 280 Å². The molecule has 2 aliphatic rings. The smallest absolute Gasteiger partial charge is 0.345 e. The van der Waals surface area contributed by atoms with E-state index in [0.29, 0.717) is 39.4 Å². The predicted octanol–water partition coefficient (Wildman–Crippen LogP) is 7.24. The number of nitrogens with two attached hydrogens (primary N) is 1. The van der Waals surface area contributed by atoms with E-state index in [0.717, 1.165) is 124 Å². The number of rotatable bonds is 24. The quantitative estimate of drug-likeness (QED) is 0.0123. The van der Waals surface area contributed by atoms with Gasteiger partial charge in [-0.2, -0.15) is 21.3 Å². The van der Waals surface area contributed by atoms with Crippen LogP contribution in [0.3, 0.4) is 0 Å². The van der Waals surface area contributed by atoms with E-state index >= 15 is 4.79 Å². The fourth-order valence-corrected chi connectivity index (χ4v) is 12.0. The molecule has 2 saturated carbocycles. The molecule has 0 spiro atoms. The van der Waals surface area contributed by atoms with Crippen LogP contribution in [0.5, 0.6) is 17.2 Å². The van der Waals surface area contributed by atoms with Crippen molar-refractivity contribution in [2.75, 3.05) is 26.9 Å². The number of hydrogen-bond acceptors (Lipinski definition) is 13. The molecule has 8 aromatic carbocycles. The van der Waals surface area contributed by atoms with Crippen LogP contribution in [0, 0.1) is 0 Å². The summed E-state index contributed by atoms with van der Waals surface area (Å²) in [5.41, 5.74) is 38.8. The summed E-state index contributed by atoms with van der Waals surface area (Å²) < 4.78 is 14.3. The molecule has 21 nitrogen and oxygen atoms in total. The van der Waals surface area contributed by atoms with E-state index in [-0.39, 0.29) is 39.9 Å². The Bertz CT molecular complexity index is 3520. The third-order valence-electron chi connectivity index (χ3n) is 16.7. The molecule has 0 aromatic heterocycles. The molecule has 18 N–H and O–H groups in total. The molecular formula is C64H81N17O4. The van der Waals surface area contributed by atoms with Gasteiger partial charge in [-0.25, -0.2) is 15.6 Å². The van der Waals surface area contributed by atoms with Crippen molar-refractivity contribution in [3.05, 3.63) is 192 Å². The molecule has 0 saturated heterocycles. The van der Waals surface area contributed by atoms with Crippen molar-refractivity contribution >= 4 is 33.2 Å². The third kappa shape index (κ3) is 14.3. The lowest BCUT2D eigenvalue weighted by molar-refractivity contribution is -1.16. The van der Waals surface area contributed by atoms with E-state index in [1.54, 1.807) is 45.4 Å². The molecular weight excluding hydrogens is 1070 g/mol. The van der Waals surface area contributed by atoms with Crippen LogP contribution in [0.15, 0.2) is 152 Å². The highest BCUT2D eigenvalue weighted by molar-refractivity contribution is 6.15. The Morgan fingerprint density at radius 1 is 0.600 bits per heavy atom. The van der Waals surface area contributed by atoms with Crippen molar-refractivity contribution in [3.63, 3.8) is 0 Å². The minimum atomic E-state index is -0.622. The van der Waals surface area contributed by atoms with Gasteiger partial charge in [0.1, 0.15) is 11.5 Å². The van der Waals surface area contributed by atoms with Crippen LogP contribution in [0.25, 0.3) is 89.4 Å². The highest BCUT2D eigenvalue weighted by Crippen LogP contribution is 2.53. The van der Waals surface area contributed by atoms with Gasteiger partial charge in [0.05, 0.1) is 23.8 Å². The summed E-state index contributed by atoms with van der Waals surface area (Å²) in [4.78, 5) is 20.9. The number of benzene rings is 8. The fourth-order valence-electron chi connectivity index (χ4n) is 12.0. The van der Waals surface area contributed by atoms with Gasteiger partial charge >= 0.3 is 5.97 Å². The van der Waals surface area contributed by atoms with E-state index in [1.807, 2.05) is 36.4 Å². The van der Waals surface area contributed by atoms with Crippen molar-refractivity contribution in [2.24, 2.45) is 0 Å². The van der Waals surface area contributed by atoms with Crippen LogP contribution in [0.2, 0.25) is 0 Å². The summed E-state index contributed by atoms with van der Waals surface area (Å²) in [6.45, 7) is 4.22. The first-order chi connectivity index (χ1) is 41.3. The monoisotopic (exact) mass is 1150 g/mol. The number of quaternary nitrogens is 4. The number of esters is 1. The Labute approximate surface area is 497 Å². The molecule has 10 rings (SSSR count). The average molecular weight is 1150 g/mol. The van der Waals surface area contributed by atoms with Crippen LogP contribution in [0.4, 0.5) is 5.69 Å². The summed E-state index contributed by atoms with van der Waals surface area (Å²) in [7, 11) is 5.17. The second-order valence-electron chi connectivity index (χ2n) is 22.1. The van der Waals surface area contributed by atoms with Crippen LogP contribution in [-0.4, -0.2) is 45.3 Å². The van der Waals surface area contributed by atoms with E-state index in [4.69, 9.17) is 43.4 Å². The summed E-state index contributed by atoms with van der Waals surface area (Å²) in [6.07, 6.45) is 8.40.